The smallest absolute Gasteiger partial charge is 0.289 e. The molecule has 1 amide bonds. The molecule has 0 bridgehead atoms. The molecule has 5 nitrogen and oxygen atoms in total. The standard InChI is InChI=1S/C15H19N3O2/c1-11-4-8-20-14(11)15(19)17(2)10-12-3-6-18-7-5-16-13(18)9-12/h4-5,7-8,12H,3,6,9-10H2,1-2H3/t12-/m1/s1. The molecule has 0 aliphatic carbocycles. The first-order chi connectivity index (χ1) is 9.65. The molecule has 20 heavy (non-hydrogen) atoms. The summed E-state index contributed by atoms with van der Waals surface area (Å²) in [5, 5.41) is 0. The van der Waals surface area contributed by atoms with Gasteiger partial charge in [0, 0.05) is 44.5 Å². The average Bonchev–Trinajstić information content (AvgIpc) is 3.05. The molecule has 5 heteroatoms. The molecule has 0 radical (unpaired) electrons. The summed E-state index contributed by atoms with van der Waals surface area (Å²) >= 11 is 0. The van der Waals surface area contributed by atoms with Crippen LogP contribution >= 0.6 is 0 Å². The van der Waals surface area contributed by atoms with E-state index < -0.39 is 0 Å². The summed E-state index contributed by atoms with van der Waals surface area (Å²) in [6.45, 7) is 3.62. The number of aryl methyl sites for hydroxylation is 2. The highest BCUT2D eigenvalue weighted by atomic mass is 16.3. The van der Waals surface area contributed by atoms with E-state index in [4.69, 9.17) is 4.42 Å². The van der Waals surface area contributed by atoms with Crippen molar-refractivity contribution < 1.29 is 9.21 Å². The summed E-state index contributed by atoms with van der Waals surface area (Å²) in [4.78, 5) is 18.4. The number of hydrogen-bond donors (Lipinski definition) is 0. The number of carbonyl (C=O) groups excluding carboxylic acids is 1. The summed E-state index contributed by atoms with van der Waals surface area (Å²) in [7, 11) is 1.84. The molecule has 0 aromatic carbocycles. The zero-order chi connectivity index (χ0) is 14.1. The van der Waals surface area contributed by atoms with Crippen molar-refractivity contribution >= 4 is 5.91 Å². The first-order valence-electron chi connectivity index (χ1n) is 6.94. The van der Waals surface area contributed by atoms with E-state index in [0.717, 1.165) is 37.3 Å². The van der Waals surface area contributed by atoms with E-state index in [-0.39, 0.29) is 5.91 Å². The van der Waals surface area contributed by atoms with Gasteiger partial charge in [-0.3, -0.25) is 4.79 Å². The molecule has 3 heterocycles. The molecule has 0 fully saturated rings. The molecule has 0 saturated heterocycles. The molecule has 106 valence electrons. The Balaban J connectivity index is 1.64. The van der Waals surface area contributed by atoms with Crippen LogP contribution in [-0.2, 0) is 13.0 Å². The Morgan fingerprint density at radius 1 is 1.60 bits per heavy atom. The third-order valence-corrected chi connectivity index (χ3v) is 3.99. The van der Waals surface area contributed by atoms with Gasteiger partial charge in [-0.15, -0.1) is 0 Å². The van der Waals surface area contributed by atoms with Gasteiger partial charge in [0.25, 0.3) is 5.91 Å². The van der Waals surface area contributed by atoms with Gasteiger partial charge in [-0.2, -0.15) is 0 Å². The lowest BCUT2D eigenvalue weighted by atomic mass is 9.97. The van der Waals surface area contributed by atoms with Gasteiger partial charge in [0.2, 0.25) is 0 Å². The predicted octanol–water partition coefficient (Wildman–Crippen LogP) is 2.12. The van der Waals surface area contributed by atoms with Crippen LogP contribution in [0, 0.1) is 12.8 Å². The minimum atomic E-state index is -0.0404. The van der Waals surface area contributed by atoms with Crippen LogP contribution in [-0.4, -0.2) is 34.0 Å². The highest BCUT2D eigenvalue weighted by Gasteiger charge is 2.24. The zero-order valence-electron chi connectivity index (χ0n) is 11.9. The Hall–Kier alpha value is -2.04. The molecular weight excluding hydrogens is 254 g/mol. The maximum atomic E-state index is 12.3. The molecule has 0 saturated carbocycles. The Morgan fingerprint density at radius 3 is 3.20 bits per heavy atom. The number of carbonyl (C=O) groups is 1. The van der Waals surface area contributed by atoms with Crippen LogP contribution in [0.5, 0.6) is 0 Å². The fourth-order valence-corrected chi connectivity index (χ4v) is 2.81. The highest BCUT2D eigenvalue weighted by Crippen LogP contribution is 2.21. The van der Waals surface area contributed by atoms with Gasteiger partial charge >= 0.3 is 0 Å². The van der Waals surface area contributed by atoms with Crippen LogP contribution in [0.25, 0.3) is 0 Å². The predicted molar refractivity (Wildman–Crippen MR) is 74.4 cm³/mol. The molecule has 0 N–H and O–H groups in total. The number of furan rings is 1. The van der Waals surface area contributed by atoms with Crippen molar-refractivity contribution in [1.29, 1.82) is 0 Å². The highest BCUT2D eigenvalue weighted by molar-refractivity contribution is 5.92. The van der Waals surface area contributed by atoms with E-state index in [1.165, 1.54) is 0 Å². The second kappa shape index (κ2) is 5.15. The summed E-state index contributed by atoms with van der Waals surface area (Å²) in [6.07, 6.45) is 7.44. The van der Waals surface area contributed by atoms with E-state index in [9.17, 15) is 4.79 Å². The molecule has 1 aliphatic rings. The third-order valence-electron chi connectivity index (χ3n) is 3.99. The van der Waals surface area contributed by atoms with E-state index in [0.29, 0.717) is 11.7 Å². The second-order valence-corrected chi connectivity index (χ2v) is 5.51. The van der Waals surface area contributed by atoms with Gasteiger partial charge in [-0.25, -0.2) is 4.98 Å². The largest absolute Gasteiger partial charge is 0.459 e. The van der Waals surface area contributed by atoms with E-state index in [2.05, 4.69) is 9.55 Å². The molecule has 3 rings (SSSR count). The summed E-state index contributed by atoms with van der Waals surface area (Å²) in [5.74, 6) is 2.00. The van der Waals surface area contributed by atoms with Gasteiger partial charge in [-0.05, 0) is 25.3 Å². The Morgan fingerprint density at radius 2 is 2.45 bits per heavy atom. The number of nitrogens with zero attached hydrogens (tertiary/aromatic N) is 3. The summed E-state index contributed by atoms with van der Waals surface area (Å²) < 4.78 is 7.46. The number of amides is 1. The van der Waals surface area contributed by atoms with Crippen molar-refractivity contribution in [2.75, 3.05) is 13.6 Å². The van der Waals surface area contributed by atoms with E-state index in [1.807, 2.05) is 32.4 Å². The maximum absolute atomic E-state index is 12.3. The molecule has 2 aromatic rings. The first-order valence-corrected chi connectivity index (χ1v) is 6.94. The lowest BCUT2D eigenvalue weighted by Crippen LogP contribution is -2.35. The van der Waals surface area contributed by atoms with E-state index in [1.54, 1.807) is 11.2 Å². The van der Waals surface area contributed by atoms with Gasteiger partial charge in [0.15, 0.2) is 5.76 Å². The van der Waals surface area contributed by atoms with Crippen LogP contribution in [0.3, 0.4) is 0 Å². The Bertz CT molecular complexity index is 614. The van der Waals surface area contributed by atoms with Crippen molar-refractivity contribution in [3.05, 3.63) is 41.9 Å². The quantitative estimate of drug-likeness (QED) is 0.860. The van der Waals surface area contributed by atoms with Crippen molar-refractivity contribution in [1.82, 2.24) is 14.5 Å². The number of imidazole rings is 1. The van der Waals surface area contributed by atoms with E-state index >= 15 is 0 Å². The van der Waals surface area contributed by atoms with Crippen LogP contribution in [0.2, 0.25) is 0 Å². The van der Waals surface area contributed by atoms with Crippen LogP contribution in [0.1, 0.15) is 28.4 Å². The molecule has 1 aliphatic heterocycles. The number of aromatic nitrogens is 2. The van der Waals surface area contributed by atoms with Crippen molar-refractivity contribution in [2.45, 2.75) is 26.3 Å². The lowest BCUT2D eigenvalue weighted by molar-refractivity contribution is 0.0731. The van der Waals surface area contributed by atoms with Crippen LogP contribution in [0.15, 0.2) is 29.1 Å². The normalized spacial score (nSPS) is 17.8. The molecule has 0 unspecified atom stereocenters. The molecular formula is C15H19N3O2. The third kappa shape index (κ3) is 2.35. The van der Waals surface area contributed by atoms with Crippen LogP contribution < -0.4 is 0 Å². The van der Waals surface area contributed by atoms with Crippen LogP contribution in [0.4, 0.5) is 0 Å². The monoisotopic (exact) mass is 273 g/mol. The number of rotatable bonds is 3. The minimum absolute atomic E-state index is 0.0404. The van der Waals surface area contributed by atoms with Gasteiger partial charge in [0.05, 0.1) is 6.26 Å². The van der Waals surface area contributed by atoms with Gasteiger partial charge in [0.1, 0.15) is 5.82 Å². The molecule has 0 spiro atoms. The lowest BCUT2D eigenvalue weighted by Gasteiger charge is -2.27. The van der Waals surface area contributed by atoms with Gasteiger partial charge < -0.3 is 13.9 Å². The zero-order valence-corrected chi connectivity index (χ0v) is 11.9. The Kier molecular flexibility index (Phi) is 3.34. The summed E-state index contributed by atoms with van der Waals surface area (Å²) in [6, 6.07) is 1.82. The number of fused-ring (bicyclic) bond motifs is 1. The fraction of sp³-hybridized carbons (Fsp3) is 0.467. The van der Waals surface area contributed by atoms with Crippen molar-refractivity contribution in [2.24, 2.45) is 5.92 Å². The molecule has 1 atom stereocenters. The van der Waals surface area contributed by atoms with Crippen molar-refractivity contribution in [3.63, 3.8) is 0 Å². The average molecular weight is 273 g/mol. The van der Waals surface area contributed by atoms with Crippen molar-refractivity contribution in [3.8, 4) is 0 Å². The first kappa shape index (κ1) is 13.0. The second-order valence-electron chi connectivity index (χ2n) is 5.51. The van der Waals surface area contributed by atoms with Gasteiger partial charge in [-0.1, -0.05) is 0 Å². The number of hydrogen-bond acceptors (Lipinski definition) is 3. The fourth-order valence-electron chi connectivity index (χ4n) is 2.81. The topological polar surface area (TPSA) is 51.3 Å². The Labute approximate surface area is 118 Å². The maximum Gasteiger partial charge on any atom is 0.289 e. The summed E-state index contributed by atoms with van der Waals surface area (Å²) in [5.41, 5.74) is 0.890. The minimum Gasteiger partial charge on any atom is -0.459 e. The SMILES string of the molecule is Cc1ccoc1C(=O)N(C)C[C@@H]1CCn2ccnc2C1. The molecule has 2 aromatic heterocycles.